The van der Waals surface area contributed by atoms with E-state index in [-0.39, 0.29) is 23.5 Å². The molecule has 0 saturated heterocycles. The molecule has 0 aliphatic carbocycles. The van der Waals surface area contributed by atoms with Gasteiger partial charge in [0.05, 0.1) is 18.6 Å². The van der Waals surface area contributed by atoms with Crippen LogP contribution in [0.3, 0.4) is 0 Å². The van der Waals surface area contributed by atoms with Gasteiger partial charge in [-0.3, -0.25) is 4.79 Å². The number of rotatable bonds is 7. The van der Waals surface area contributed by atoms with Crippen LogP contribution in [0, 0.1) is 0 Å². The SMILES string of the molecule is CCOC(=O)CCC(Cl)c1ccc(O)c(OCC)c1. The van der Waals surface area contributed by atoms with E-state index in [1.54, 1.807) is 25.1 Å². The highest BCUT2D eigenvalue weighted by Crippen LogP contribution is 2.33. The van der Waals surface area contributed by atoms with Crippen molar-refractivity contribution in [3.05, 3.63) is 23.8 Å². The molecule has 0 aliphatic heterocycles. The number of carbonyl (C=O) groups is 1. The van der Waals surface area contributed by atoms with Crippen molar-refractivity contribution in [1.82, 2.24) is 0 Å². The zero-order valence-electron chi connectivity index (χ0n) is 11.2. The first-order valence-electron chi connectivity index (χ1n) is 6.33. The van der Waals surface area contributed by atoms with E-state index in [1.807, 2.05) is 6.92 Å². The Morgan fingerprint density at radius 2 is 2.11 bits per heavy atom. The van der Waals surface area contributed by atoms with Crippen molar-refractivity contribution in [2.24, 2.45) is 0 Å². The molecule has 0 saturated carbocycles. The van der Waals surface area contributed by atoms with E-state index in [9.17, 15) is 9.90 Å². The Morgan fingerprint density at radius 1 is 1.37 bits per heavy atom. The molecule has 1 rings (SSSR count). The molecule has 1 unspecified atom stereocenters. The van der Waals surface area contributed by atoms with E-state index in [4.69, 9.17) is 21.1 Å². The average Bonchev–Trinajstić information content (AvgIpc) is 2.39. The minimum absolute atomic E-state index is 0.0832. The van der Waals surface area contributed by atoms with E-state index < -0.39 is 0 Å². The van der Waals surface area contributed by atoms with E-state index in [1.165, 1.54) is 0 Å². The number of carbonyl (C=O) groups excluding carboxylic acids is 1. The fourth-order valence-corrected chi connectivity index (χ4v) is 1.89. The third kappa shape index (κ3) is 4.99. The standard InChI is InChI=1S/C14H19ClO4/c1-3-18-13-9-10(5-7-12(13)16)11(15)6-8-14(17)19-4-2/h5,7,9,11,16H,3-4,6,8H2,1-2H3. The molecule has 1 atom stereocenters. The lowest BCUT2D eigenvalue weighted by atomic mass is 10.1. The monoisotopic (exact) mass is 286 g/mol. The number of ether oxygens (including phenoxy) is 2. The Labute approximate surface area is 118 Å². The zero-order valence-corrected chi connectivity index (χ0v) is 11.9. The second-order valence-corrected chi connectivity index (χ2v) is 4.50. The smallest absolute Gasteiger partial charge is 0.305 e. The van der Waals surface area contributed by atoms with E-state index in [2.05, 4.69) is 0 Å². The van der Waals surface area contributed by atoms with Gasteiger partial charge in [-0.15, -0.1) is 11.6 Å². The van der Waals surface area contributed by atoms with Gasteiger partial charge in [0.1, 0.15) is 0 Å². The normalized spacial score (nSPS) is 11.9. The highest BCUT2D eigenvalue weighted by Gasteiger charge is 2.13. The first-order chi connectivity index (χ1) is 9.08. The molecule has 1 N–H and O–H groups in total. The van der Waals surface area contributed by atoms with Gasteiger partial charge in [-0.2, -0.15) is 0 Å². The molecule has 0 spiro atoms. The number of phenols is 1. The summed E-state index contributed by atoms with van der Waals surface area (Å²) in [6, 6.07) is 4.96. The summed E-state index contributed by atoms with van der Waals surface area (Å²) < 4.78 is 10.1. The van der Waals surface area contributed by atoms with Crippen molar-refractivity contribution in [1.29, 1.82) is 0 Å². The van der Waals surface area contributed by atoms with Crippen LogP contribution in [0.5, 0.6) is 11.5 Å². The summed E-state index contributed by atoms with van der Waals surface area (Å²) in [6.07, 6.45) is 0.754. The van der Waals surface area contributed by atoms with Crippen LogP contribution in [0.25, 0.3) is 0 Å². The Balaban J connectivity index is 2.63. The van der Waals surface area contributed by atoms with E-state index >= 15 is 0 Å². The summed E-state index contributed by atoms with van der Waals surface area (Å²) in [5, 5.41) is 9.28. The Hall–Kier alpha value is -1.42. The molecule has 1 aromatic carbocycles. The van der Waals surface area contributed by atoms with Gasteiger partial charge in [0, 0.05) is 6.42 Å². The van der Waals surface area contributed by atoms with Crippen LogP contribution in [-0.4, -0.2) is 24.3 Å². The van der Waals surface area contributed by atoms with E-state index in [0.29, 0.717) is 25.4 Å². The molecule has 1 aromatic rings. The lowest BCUT2D eigenvalue weighted by Gasteiger charge is -2.12. The third-order valence-electron chi connectivity index (χ3n) is 2.55. The Morgan fingerprint density at radius 3 is 2.74 bits per heavy atom. The number of hydrogen-bond donors (Lipinski definition) is 1. The van der Waals surface area contributed by atoms with Crippen LogP contribution in [-0.2, 0) is 9.53 Å². The topological polar surface area (TPSA) is 55.8 Å². The van der Waals surface area contributed by atoms with Crippen molar-refractivity contribution < 1.29 is 19.4 Å². The Bertz CT molecular complexity index is 420. The summed E-state index contributed by atoms with van der Waals surface area (Å²) in [5.74, 6) is 0.235. The number of phenolic OH excluding ortho intramolecular Hbond substituents is 1. The first kappa shape index (κ1) is 15.6. The van der Waals surface area contributed by atoms with Gasteiger partial charge in [0.15, 0.2) is 11.5 Å². The van der Waals surface area contributed by atoms with Crippen LogP contribution in [0.4, 0.5) is 0 Å². The van der Waals surface area contributed by atoms with Gasteiger partial charge in [0.25, 0.3) is 0 Å². The minimum atomic E-state index is -0.316. The largest absolute Gasteiger partial charge is 0.504 e. The second-order valence-electron chi connectivity index (χ2n) is 3.97. The summed E-state index contributed by atoms with van der Waals surface area (Å²) in [5.41, 5.74) is 0.812. The number of esters is 1. The van der Waals surface area contributed by atoms with Gasteiger partial charge < -0.3 is 14.6 Å². The Kier molecular flexibility index (Phi) is 6.50. The van der Waals surface area contributed by atoms with Crippen molar-refractivity contribution in [2.75, 3.05) is 13.2 Å². The van der Waals surface area contributed by atoms with Gasteiger partial charge in [-0.05, 0) is 38.0 Å². The number of aromatic hydroxyl groups is 1. The number of benzene rings is 1. The van der Waals surface area contributed by atoms with Gasteiger partial charge in [0.2, 0.25) is 0 Å². The lowest BCUT2D eigenvalue weighted by Crippen LogP contribution is -2.05. The molecular weight excluding hydrogens is 268 g/mol. The molecule has 0 bridgehead atoms. The lowest BCUT2D eigenvalue weighted by molar-refractivity contribution is -0.143. The first-order valence-corrected chi connectivity index (χ1v) is 6.77. The molecule has 0 aliphatic rings. The molecule has 0 radical (unpaired) electrons. The van der Waals surface area contributed by atoms with Gasteiger partial charge in [-0.25, -0.2) is 0 Å². The molecular formula is C14H19ClO4. The second kappa shape index (κ2) is 7.89. The molecule has 0 aromatic heterocycles. The summed E-state index contributed by atoms with van der Waals surface area (Å²) >= 11 is 6.23. The van der Waals surface area contributed by atoms with Crippen LogP contribution < -0.4 is 4.74 Å². The van der Waals surface area contributed by atoms with E-state index in [0.717, 1.165) is 5.56 Å². The summed E-state index contributed by atoms with van der Waals surface area (Å²) in [7, 11) is 0. The van der Waals surface area contributed by atoms with Crippen molar-refractivity contribution >= 4 is 17.6 Å². The van der Waals surface area contributed by atoms with Crippen molar-refractivity contribution in [2.45, 2.75) is 32.1 Å². The van der Waals surface area contributed by atoms with Crippen LogP contribution in [0.1, 0.15) is 37.6 Å². The predicted molar refractivity (Wildman–Crippen MR) is 73.7 cm³/mol. The van der Waals surface area contributed by atoms with Gasteiger partial charge >= 0.3 is 5.97 Å². The summed E-state index contributed by atoms with van der Waals surface area (Å²) in [4.78, 5) is 11.3. The summed E-state index contributed by atoms with van der Waals surface area (Å²) in [6.45, 7) is 4.45. The fourth-order valence-electron chi connectivity index (χ4n) is 1.64. The van der Waals surface area contributed by atoms with Crippen LogP contribution in [0.2, 0.25) is 0 Å². The number of hydrogen-bond acceptors (Lipinski definition) is 4. The predicted octanol–water partition coefficient (Wildman–Crippen LogP) is 3.41. The molecule has 4 nitrogen and oxygen atoms in total. The fraction of sp³-hybridized carbons (Fsp3) is 0.500. The number of halogens is 1. The zero-order chi connectivity index (χ0) is 14.3. The van der Waals surface area contributed by atoms with Crippen LogP contribution in [0.15, 0.2) is 18.2 Å². The molecule has 0 amide bonds. The highest BCUT2D eigenvalue weighted by molar-refractivity contribution is 6.20. The molecule has 19 heavy (non-hydrogen) atoms. The average molecular weight is 287 g/mol. The highest BCUT2D eigenvalue weighted by atomic mass is 35.5. The van der Waals surface area contributed by atoms with Crippen molar-refractivity contribution in [3.63, 3.8) is 0 Å². The molecule has 106 valence electrons. The quantitative estimate of drug-likeness (QED) is 0.616. The molecule has 0 fully saturated rings. The molecule has 0 heterocycles. The third-order valence-corrected chi connectivity index (χ3v) is 3.02. The maximum absolute atomic E-state index is 11.3. The number of alkyl halides is 1. The maximum atomic E-state index is 11.3. The minimum Gasteiger partial charge on any atom is -0.504 e. The van der Waals surface area contributed by atoms with Crippen LogP contribution >= 0.6 is 11.6 Å². The van der Waals surface area contributed by atoms with Crippen molar-refractivity contribution in [3.8, 4) is 11.5 Å². The van der Waals surface area contributed by atoms with Gasteiger partial charge in [-0.1, -0.05) is 6.07 Å². The maximum Gasteiger partial charge on any atom is 0.305 e. The molecule has 5 heteroatoms.